The number of aromatic nitrogens is 2. The van der Waals surface area contributed by atoms with Gasteiger partial charge in [-0.15, -0.1) is 0 Å². The molecule has 1 aliphatic carbocycles. The SMILES string of the molecule is COc1cc2c(cc1S(=O)(=O)N1CCCC1)-c1c(Cl)nc(N)nc1CC2. The number of anilines is 1. The molecule has 1 aromatic heterocycles. The molecule has 1 aliphatic heterocycles. The van der Waals surface area contributed by atoms with Gasteiger partial charge in [0.1, 0.15) is 15.8 Å². The number of sulfonamides is 1. The first-order valence-electron chi connectivity index (χ1n) is 8.45. The number of nitrogens with two attached hydrogens (primary N) is 1. The molecule has 0 radical (unpaired) electrons. The van der Waals surface area contributed by atoms with Gasteiger partial charge in [-0.3, -0.25) is 0 Å². The van der Waals surface area contributed by atoms with Crippen LogP contribution in [0.25, 0.3) is 11.1 Å². The van der Waals surface area contributed by atoms with Crippen LogP contribution in [0.2, 0.25) is 5.15 Å². The van der Waals surface area contributed by atoms with Crippen molar-refractivity contribution < 1.29 is 13.2 Å². The minimum Gasteiger partial charge on any atom is -0.495 e. The Balaban J connectivity index is 1.93. The van der Waals surface area contributed by atoms with Crippen molar-refractivity contribution in [2.75, 3.05) is 25.9 Å². The molecule has 2 heterocycles. The molecule has 0 atom stereocenters. The van der Waals surface area contributed by atoms with Crippen molar-refractivity contribution in [3.8, 4) is 16.9 Å². The molecule has 4 rings (SSSR count). The van der Waals surface area contributed by atoms with E-state index in [2.05, 4.69) is 9.97 Å². The summed E-state index contributed by atoms with van der Waals surface area (Å²) >= 11 is 6.32. The number of fused-ring (bicyclic) bond motifs is 3. The number of benzene rings is 1. The molecular formula is C17H19ClN4O3S. The summed E-state index contributed by atoms with van der Waals surface area (Å²) < 4.78 is 33.1. The number of halogens is 1. The lowest BCUT2D eigenvalue weighted by atomic mass is 9.89. The van der Waals surface area contributed by atoms with Crippen LogP contribution in [0.1, 0.15) is 24.1 Å². The Labute approximate surface area is 157 Å². The number of rotatable bonds is 3. The Morgan fingerprint density at radius 3 is 2.62 bits per heavy atom. The highest BCUT2D eigenvalue weighted by Crippen LogP contribution is 2.42. The first kappa shape index (κ1) is 17.5. The Morgan fingerprint density at radius 1 is 1.19 bits per heavy atom. The Kier molecular flexibility index (Phi) is 4.29. The molecule has 1 fully saturated rings. The third-order valence-electron chi connectivity index (χ3n) is 4.93. The van der Waals surface area contributed by atoms with E-state index in [1.54, 1.807) is 12.1 Å². The third kappa shape index (κ3) is 2.72. The largest absolute Gasteiger partial charge is 0.495 e. The van der Waals surface area contributed by atoms with Crippen LogP contribution in [0.3, 0.4) is 0 Å². The second kappa shape index (κ2) is 6.37. The van der Waals surface area contributed by atoms with E-state index in [1.807, 2.05) is 0 Å². The van der Waals surface area contributed by atoms with Crippen LogP contribution in [-0.2, 0) is 22.9 Å². The predicted molar refractivity (Wildman–Crippen MR) is 98.8 cm³/mol. The second-order valence-corrected chi connectivity index (χ2v) is 8.73. The van der Waals surface area contributed by atoms with E-state index >= 15 is 0 Å². The molecule has 26 heavy (non-hydrogen) atoms. The van der Waals surface area contributed by atoms with E-state index in [0.717, 1.165) is 29.7 Å². The van der Waals surface area contributed by atoms with Gasteiger partial charge in [0.25, 0.3) is 0 Å². The van der Waals surface area contributed by atoms with Crippen molar-refractivity contribution in [3.05, 3.63) is 28.5 Å². The zero-order chi connectivity index (χ0) is 18.5. The lowest BCUT2D eigenvalue weighted by Gasteiger charge is -2.24. The maximum Gasteiger partial charge on any atom is 0.246 e. The number of methoxy groups -OCH3 is 1. The van der Waals surface area contributed by atoms with Gasteiger partial charge in [0, 0.05) is 18.7 Å². The zero-order valence-corrected chi connectivity index (χ0v) is 15.9. The van der Waals surface area contributed by atoms with Gasteiger partial charge >= 0.3 is 0 Å². The lowest BCUT2D eigenvalue weighted by Crippen LogP contribution is -2.28. The van der Waals surface area contributed by atoms with Crippen molar-refractivity contribution in [2.45, 2.75) is 30.6 Å². The van der Waals surface area contributed by atoms with Gasteiger partial charge in [0.15, 0.2) is 0 Å². The van der Waals surface area contributed by atoms with Gasteiger partial charge in [0.2, 0.25) is 16.0 Å². The van der Waals surface area contributed by atoms with Crippen LogP contribution >= 0.6 is 11.6 Å². The Bertz CT molecular complexity index is 988. The molecule has 0 amide bonds. The summed E-state index contributed by atoms with van der Waals surface area (Å²) in [6.45, 7) is 1.05. The summed E-state index contributed by atoms with van der Waals surface area (Å²) in [7, 11) is -2.15. The van der Waals surface area contributed by atoms with Gasteiger partial charge in [-0.1, -0.05) is 11.6 Å². The summed E-state index contributed by atoms with van der Waals surface area (Å²) in [5.74, 6) is 0.474. The number of aryl methyl sites for hydroxylation is 2. The van der Waals surface area contributed by atoms with Crippen LogP contribution in [0, 0.1) is 0 Å². The van der Waals surface area contributed by atoms with Crippen LogP contribution in [0.5, 0.6) is 5.75 Å². The minimum absolute atomic E-state index is 0.121. The summed E-state index contributed by atoms with van der Waals surface area (Å²) in [6.07, 6.45) is 3.11. The Hall–Kier alpha value is -1.90. The number of nitrogens with zero attached hydrogens (tertiary/aromatic N) is 3. The van der Waals surface area contributed by atoms with Crippen molar-refractivity contribution in [2.24, 2.45) is 0 Å². The van der Waals surface area contributed by atoms with E-state index in [9.17, 15) is 8.42 Å². The maximum atomic E-state index is 13.1. The molecule has 9 heteroatoms. The van der Waals surface area contributed by atoms with Gasteiger partial charge < -0.3 is 10.5 Å². The van der Waals surface area contributed by atoms with E-state index in [0.29, 0.717) is 37.2 Å². The number of nitrogen functional groups attached to an aromatic ring is 1. The average Bonchev–Trinajstić information content (AvgIpc) is 3.15. The highest BCUT2D eigenvalue weighted by atomic mass is 35.5. The standard InChI is InChI=1S/C17H19ClN4O3S/c1-25-13-8-10-4-5-12-15(16(18)21-17(19)20-12)11(10)9-14(13)26(23,24)22-6-2-3-7-22/h8-9H,2-7H2,1H3,(H2,19,20,21). The molecule has 0 saturated carbocycles. The summed E-state index contributed by atoms with van der Waals surface area (Å²) in [5, 5.41) is 0.239. The molecule has 1 aromatic carbocycles. The number of hydrogen-bond acceptors (Lipinski definition) is 6. The quantitative estimate of drug-likeness (QED) is 0.802. The highest BCUT2D eigenvalue weighted by Gasteiger charge is 2.32. The first-order chi connectivity index (χ1) is 12.4. The summed E-state index contributed by atoms with van der Waals surface area (Å²) in [6, 6.07) is 3.43. The molecule has 7 nitrogen and oxygen atoms in total. The molecule has 1 saturated heterocycles. The van der Waals surface area contributed by atoms with Gasteiger partial charge in [0.05, 0.1) is 12.8 Å². The molecular weight excluding hydrogens is 376 g/mol. The monoisotopic (exact) mass is 394 g/mol. The second-order valence-electron chi connectivity index (χ2n) is 6.47. The molecule has 2 N–H and O–H groups in total. The normalized spacial score (nSPS) is 17.0. The first-order valence-corrected chi connectivity index (χ1v) is 10.3. The summed E-state index contributed by atoms with van der Waals surface area (Å²) in [4.78, 5) is 8.47. The third-order valence-corrected chi connectivity index (χ3v) is 7.12. The fraction of sp³-hybridized carbons (Fsp3) is 0.412. The van der Waals surface area contributed by atoms with Gasteiger partial charge in [-0.05, 0) is 48.9 Å². The van der Waals surface area contributed by atoms with E-state index in [1.165, 1.54) is 11.4 Å². The van der Waals surface area contributed by atoms with Crippen molar-refractivity contribution >= 4 is 27.6 Å². The minimum atomic E-state index is -3.64. The fourth-order valence-corrected chi connectivity index (χ4v) is 5.64. The molecule has 2 aromatic rings. The van der Waals surface area contributed by atoms with Crippen LogP contribution in [0.4, 0.5) is 5.95 Å². The highest BCUT2D eigenvalue weighted by molar-refractivity contribution is 7.89. The predicted octanol–water partition coefficient (Wildman–Crippen LogP) is 2.27. The van der Waals surface area contributed by atoms with Crippen molar-refractivity contribution in [1.29, 1.82) is 0 Å². The van der Waals surface area contributed by atoms with Gasteiger partial charge in [-0.25, -0.2) is 18.4 Å². The summed E-state index contributed by atoms with van der Waals surface area (Å²) in [5.41, 5.74) is 8.79. The molecule has 0 bridgehead atoms. The fourth-order valence-electron chi connectivity index (χ4n) is 3.67. The topological polar surface area (TPSA) is 98.4 Å². The van der Waals surface area contributed by atoms with Crippen molar-refractivity contribution in [1.82, 2.24) is 14.3 Å². The zero-order valence-electron chi connectivity index (χ0n) is 14.3. The Morgan fingerprint density at radius 2 is 1.92 bits per heavy atom. The smallest absolute Gasteiger partial charge is 0.246 e. The number of ether oxygens (including phenoxy) is 1. The molecule has 2 aliphatic rings. The van der Waals surface area contributed by atoms with Crippen molar-refractivity contribution in [3.63, 3.8) is 0 Å². The van der Waals surface area contributed by atoms with Crippen LogP contribution in [0.15, 0.2) is 17.0 Å². The molecule has 138 valence electrons. The number of hydrogen-bond donors (Lipinski definition) is 1. The lowest BCUT2D eigenvalue weighted by molar-refractivity contribution is 0.398. The average molecular weight is 395 g/mol. The van der Waals surface area contributed by atoms with Crippen LogP contribution < -0.4 is 10.5 Å². The molecule has 0 spiro atoms. The van der Waals surface area contributed by atoms with Crippen LogP contribution in [-0.4, -0.2) is 42.9 Å². The maximum absolute atomic E-state index is 13.1. The van der Waals surface area contributed by atoms with E-state index < -0.39 is 10.0 Å². The molecule has 0 unspecified atom stereocenters. The van der Waals surface area contributed by atoms with E-state index in [-0.39, 0.29) is 16.0 Å². The van der Waals surface area contributed by atoms with E-state index in [4.69, 9.17) is 22.1 Å². The van der Waals surface area contributed by atoms with Gasteiger partial charge in [-0.2, -0.15) is 4.31 Å².